The van der Waals surface area contributed by atoms with Crippen LogP contribution in [0.25, 0.3) is 0 Å². The van der Waals surface area contributed by atoms with Crippen molar-refractivity contribution in [3.05, 3.63) is 71.8 Å². The molecule has 0 aromatic heterocycles. The molecule has 25 heavy (non-hydrogen) atoms. The molecule has 6 heteroatoms. The summed E-state index contributed by atoms with van der Waals surface area (Å²) in [4.78, 5) is 23.9. The highest BCUT2D eigenvalue weighted by Gasteiger charge is 2.37. The summed E-state index contributed by atoms with van der Waals surface area (Å²) in [7, 11) is 0. The van der Waals surface area contributed by atoms with Gasteiger partial charge in [0.05, 0.1) is 17.2 Å². The first-order chi connectivity index (χ1) is 12.1. The number of aliphatic hydroxyl groups excluding tert-OH is 1. The van der Waals surface area contributed by atoms with E-state index in [1.165, 1.54) is 0 Å². The van der Waals surface area contributed by atoms with Gasteiger partial charge >= 0.3 is 11.9 Å². The van der Waals surface area contributed by atoms with Crippen LogP contribution in [-0.2, 0) is 14.2 Å². The monoisotopic (exact) mass is 342 g/mol. The topological polar surface area (TPSA) is 82.1 Å². The van der Waals surface area contributed by atoms with Crippen LogP contribution in [0.4, 0.5) is 0 Å². The van der Waals surface area contributed by atoms with E-state index < -0.39 is 30.4 Å². The largest absolute Gasteiger partial charge is 0.459 e. The summed E-state index contributed by atoms with van der Waals surface area (Å²) in [5.74, 6) is -1.05. The first kappa shape index (κ1) is 17.1. The van der Waals surface area contributed by atoms with Crippen molar-refractivity contribution in [2.45, 2.75) is 24.9 Å². The van der Waals surface area contributed by atoms with Gasteiger partial charge in [0.2, 0.25) is 6.29 Å². The zero-order valence-corrected chi connectivity index (χ0v) is 13.4. The van der Waals surface area contributed by atoms with Crippen LogP contribution < -0.4 is 0 Å². The Hall–Kier alpha value is -2.70. The van der Waals surface area contributed by atoms with Gasteiger partial charge in [0, 0.05) is 6.42 Å². The van der Waals surface area contributed by atoms with E-state index in [2.05, 4.69) is 0 Å². The van der Waals surface area contributed by atoms with Crippen LogP contribution in [0.1, 0.15) is 27.1 Å². The lowest BCUT2D eigenvalue weighted by Gasteiger charge is -2.16. The quantitative estimate of drug-likeness (QED) is 0.839. The fraction of sp³-hybridized carbons (Fsp3) is 0.263. The van der Waals surface area contributed by atoms with Crippen LogP contribution in [-0.4, -0.2) is 42.1 Å². The molecule has 1 fully saturated rings. The second-order valence-corrected chi connectivity index (χ2v) is 5.67. The molecular formula is C19H18O6. The molecule has 3 atom stereocenters. The first-order valence-corrected chi connectivity index (χ1v) is 7.95. The molecule has 1 N–H and O–H groups in total. The number of rotatable bonds is 5. The van der Waals surface area contributed by atoms with Crippen molar-refractivity contribution in [3.8, 4) is 0 Å². The fourth-order valence-electron chi connectivity index (χ4n) is 2.50. The molecule has 0 amide bonds. The minimum absolute atomic E-state index is 0.0236. The summed E-state index contributed by atoms with van der Waals surface area (Å²) in [5.41, 5.74) is 0.811. The second-order valence-electron chi connectivity index (χ2n) is 5.67. The maximum Gasteiger partial charge on any atom is 0.340 e. The van der Waals surface area contributed by atoms with Crippen molar-refractivity contribution in [2.24, 2.45) is 0 Å². The van der Waals surface area contributed by atoms with Gasteiger partial charge in [0.15, 0.2) is 0 Å². The van der Waals surface area contributed by atoms with E-state index in [9.17, 15) is 14.7 Å². The number of benzene rings is 2. The van der Waals surface area contributed by atoms with E-state index in [1.807, 2.05) is 0 Å². The van der Waals surface area contributed by atoms with Crippen LogP contribution in [0, 0.1) is 0 Å². The van der Waals surface area contributed by atoms with Crippen molar-refractivity contribution in [3.63, 3.8) is 0 Å². The molecule has 3 rings (SSSR count). The number of ether oxygens (including phenoxy) is 3. The predicted molar refractivity (Wildman–Crippen MR) is 87.9 cm³/mol. The molecule has 2 aromatic rings. The number of carbonyl (C=O) groups is 2. The third-order valence-corrected chi connectivity index (χ3v) is 3.79. The van der Waals surface area contributed by atoms with Gasteiger partial charge in [-0.15, -0.1) is 0 Å². The van der Waals surface area contributed by atoms with E-state index in [1.54, 1.807) is 60.7 Å². The Kier molecular flexibility index (Phi) is 5.42. The first-order valence-electron chi connectivity index (χ1n) is 7.95. The van der Waals surface area contributed by atoms with Crippen LogP contribution in [0.3, 0.4) is 0 Å². The van der Waals surface area contributed by atoms with E-state index in [0.717, 1.165) is 0 Å². The Morgan fingerprint density at radius 3 is 2.12 bits per heavy atom. The predicted octanol–water partition coefficient (Wildman–Crippen LogP) is 2.18. The number of esters is 2. The Morgan fingerprint density at radius 1 is 0.960 bits per heavy atom. The zero-order valence-electron chi connectivity index (χ0n) is 13.4. The summed E-state index contributed by atoms with van der Waals surface area (Å²) < 4.78 is 15.8. The van der Waals surface area contributed by atoms with Crippen LogP contribution in [0.5, 0.6) is 0 Å². The van der Waals surface area contributed by atoms with Gasteiger partial charge in [0.25, 0.3) is 0 Å². The highest BCUT2D eigenvalue weighted by Crippen LogP contribution is 2.23. The van der Waals surface area contributed by atoms with Crippen molar-refractivity contribution in [2.75, 3.05) is 6.61 Å². The molecule has 2 aromatic carbocycles. The van der Waals surface area contributed by atoms with Gasteiger partial charge < -0.3 is 19.3 Å². The maximum absolute atomic E-state index is 12.0. The minimum Gasteiger partial charge on any atom is -0.459 e. The maximum atomic E-state index is 12.0. The molecule has 130 valence electrons. The molecule has 1 heterocycles. The van der Waals surface area contributed by atoms with Crippen molar-refractivity contribution >= 4 is 11.9 Å². The van der Waals surface area contributed by atoms with E-state index in [-0.39, 0.29) is 13.0 Å². The normalized spacial score (nSPS) is 22.4. The van der Waals surface area contributed by atoms with Gasteiger partial charge in [-0.2, -0.15) is 0 Å². The van der Waals surface area contributed by atoms with E-state index in [4.69, 9.17) is 14.2 Å². The lowest BCUT2D eigenvalue weighted by atomic mass is 10.2. The molecule has 0 unspecified atom stereocenters. The summed E-state index contributed by atoms with van der Waals surface area (Å²) in [6.07, 6.45) is -2.35. The lowest BCUT2D eigenvalue weighted by molar-refractivity contribution is -0.139. The van der Waals surface area contributed by atoms with Gasteiger partial charge in [0.1, 0.15) is 12.7 Å². The minimum atomic E-state index is -1.08. The summed E-state index contributed by atoms with van der Waals surface area (Å²) in [6, 6.07) is 17.0. The molecule has 1 aliphatic heterocycles. The average molecular weight is 342 g/mol. The number of hydrogen-bond acceptors (Lipinski definition) is 6. The van der Waals surface area contributed by atoms with Crippen molar-refractivity contribution < 1.29 is 28.9 Å². The van der Waals surface area contributed by atoms with Gasteiger partial charge in [-0.1, -0.05) is 36.4 Å². The molecule has 1 saturated heterocycles. The van der Waals surface area contributed by atoms with Crippen molar-refractivity contribution in [1.29, 1.82) is 0 Å². The van der Waals surface area contributed by atoms with Gasteiger partial charge in [-0.05, 0) is 24.3 Å². The Labute approximate surface area is 144 Å². The number of aliphatic hydroxyl groups is 1. The second kappa shape index (κ2) is 7.92. The van der Waals surface area contributed by atoms with Crippen LogP contribution in [0.15, 0.2) is 60.7 Å². The molecule has 0 saturated carbocycles. The van der Waals surface area contributed by atoms with Crippen LogP contribution in [0.2, 0.25) is 0 Å². The summed E-state index contributed by atoms with van der Waals surface area (Å²) >= 11 is 0. The Balaban J connectivity index is 1.50. The van der Waals surface area contributed by atoms with E-state index >= 15 is 0 Å². The van der Waals surface area contributed by atoms with Gasteiger partial charge in [-0.25, -0.2) is 9.59 Å². The summed E-state index contributed by atoms with van der Waals surface area (Å²) in [6.45, 7) is -0.0236. The van der Waals surface area contributed by atoms with Crippen LogP contribution >= 0.6 is 0 Å². The standard InChI is InChI=1S/C19H18O6/c20-16-11-15(12-23-17(21)13-7-3-1-4-8-13)24-19(16)25-18(22)14-9-5-2-6-10-14/h1-10,15-16,19-20H,11-12H2/t15-,16+,19+/m0/s1. The Bertz CT molecular complexity index is 715. The molecular weight excluding hydrogens is 324 g/mol. The SMILES string of the molecule is O=C(OC[C@@H]1C[C@@H](O)[C@@H](OC(=O)c2ccccc2)O1)c1ccccc1. The van der Waals surface area contributed by atoms with E-state index in [0.29, 0.717) is 11.1 Å². The fourth-order valence-corrected chi connectivity index (χ4v) is 2.50. The summed E-state index contributed by atoms with van der Waals surface area (Å²) in [5, 5.41) is 9.99. The average Bonchev–Trinajstić information content (AvgIpc) is 3.00. The lowest BCUT2D eigenvalue weighted by Crippen LogP contribution is -2.27. The molecule has 0 bridgehead atoms. The number of hydrogen-bond donors (Lipinski definition) is 1. The highest BCUT2D eigenvalue weighted by molar-refractivity contribution is 5.89. The van der Waals surface area contributed by atoms with Crippen molar-refractivity contribution in [1.82, 2.24) is 0 Å². The zero-order chi connectivity index (χ0) is 17.6. The Morgan fingerprint density at radius 2 is 1.52 bits per heavy atom. The number of carbonyl (C=O) groups excluding carboxylic acids is 2. The van der Waals surface area contributed by atoms with Gasteiger partial charge in [-0.3, -0.25) is 0 Å². The third-order valence-electron chi connectivity index (χ3n) is 3.79. The smallest absolute Gasteiger partial charge is 0.340 e. The third kappa shape index (κ3) is 4.43. The molecule has 0 spiro atoms. The molecule has 6 nitrogen and oxygen atoms in total. The molecule has 1 aliphatic rings. The highest BCUT2D eigenvalue weighted by atomic mass is 16.7. The molecule has 0 aliphatic carbocycles. The molecule has 0 radical (unpaired) electrons.